The lowest BCUT2D eigenvalue weighted by molar-refractivity contribution is -0.188. The molecule has 1 heterocycles. The monoisotopic (exact) mass is 304 g/mol. The Morgan fingerprint density at radius 2 is 2.10 bits per heavy atom. The number of aromatic nitrogens is 1. The second-order valence-corrected chi connectivity index (χ2v) is 5.65. The van der Waals surface area contributed by atoms with Crippen LogP contribution in [0.25, 0.3) is 0 Å². The number of nitrogens with zero attached hydrogens (tertiary/aromatic N) is 1. The van der Waals surface area contributed by atoms with Gasteiger partial charge in [-0.05, 0) is 32.4 Å². The van der Waals surface area contributed by atoms with E-state index >= 15 is 0 Å². The first kappa shape index (κ1) is 16.3. The fourth-order valence-corrected chi connectivity index (χ4v) is 3.02. The summed E-state index contributed by atoms with van der Waals surface area (Å²) in [5.74, 6) is -0.882. The summed E-state index contributed by atoms with van der Waals surface area (Å²) in [6, 6.07) is 0. The molecule has 0 radical (unpaired) electrons. The quantitative estimate of drug-likeness (QED) is 0.806. The highest BCUT2D eigenvalue weighted by Crippen LogP contribution is 2.46. The Morgan fingerprint density at radius 3 is 2.81 bits per heavy atom. The molecule has 3 nitrogen and oxygen atoms in total. The van der Waals surface area contributed by atoms with Gasteiger partial charge in [0.15, 0.2) is 5.89 Å². The molecule has 0 bridgehead atoms. The van der Waals surface area contributed by atoms with E-state index in [2.05, 4.69) is 10.3 Å². The number of aryl methyl sites for hydroxylation is 1. The maximum absolute atomic E-state index is 13.1. The van der Waals surface area contributed by atoms with Crippen LogP contribution in [-0.2, 0) is 6.42 Å². The number of alkyl halides is 3. The third kappa shape index (κ3) is 4.46. The fraction of sp³-hybridized carbons (Fsp3) is 0.800. The molecule has 21 heavy (non-hydrogen) atoms. The predicted octanol–water partition coefficient (Wildman–Crippen LogP) is 4.05. The van der Waals surface area contributed by atoms with Crippen molar-refractivity contribution in [1.82, 2.24) is 10.3 Å². The average molecular weight is 304 g/mol. The molecule has 0 aromatic carbocycles. The van der Waals surface area contributed by atoms with Crippen LogP contribution in [0.1, 0.15) is 56.6 Å². The third-order valence-corrected chi connectivity index (χ3v) is 4.12. The van der Waals surface area contributed by atoms with E-state index in [1.165, 1.54) is 6.20 Å². The molecule has 2 rings (SSSR count). The Balaban J connectivity index is 1.98. The number of oxazole rings is 1. The van der Waals surface area contributed by atoms with Gasteiger partial charge in [0, 0.05) is 12.3 Å². The topological polar surface area (TPSA) is 38.1 Å². The summed E-state index contributed by atoms with van der Waals surface area (Å²) < 4.78 is 44.9. The molecule has 1 N–H and O–H groups in total. The highest BCUT2D eigenvalue weighted by atomic mass is 19.4. The van der Waals surface area contributed by atoms with Crippen LogP contribution in [0.3, 0.4) is 0 Å². The molecule has 1 fully saturated rings. The van der Waals surface area contributed by atoms with Crippen molar-refractivity contribution >= 4 is 0 Å². The van der Waals surface area contributed by atoms with Gasteiger partial charge in [0.25, 0.3) is 0 Å². The molecular weight excluding hydrogens is 281 g/mol. The van der Waals surface area contributed by atoms with Gasteiger partial charge in [-0.15, -0.1) is 0 Å². The maximum atomic E-state index is 13.1. The Morgan fingerprint density at radius 1 is 1.33 bits per heavy atom. The summed E-state index contributed by atoms with van der Waals surface area (Å²) in [4.78, 5) is 4.14. The molecule has 2 unspecified atom stereocenters. The summed E-state index contributed by atoms with van der Waals surface area (Å²) in [6.45, 7) is 3.80. The number of halogens is 3. The minimum absolute atomic E-state index is 0.199. The highest BCUT2D eigenvalue weighted by Gasteiger charge is 2.47. The molecule has 1 aliphatic carbocycles. The van der Waals surface area contributed by atoms with E-state index in [9.17, 15) is 13.2 Å². The van der Waals surface area contributed by atoms with Crippen molar-refractivity contribution in [2.24, 2.45) is 5.92 Å². The molecule has 0 saturated heterocycles. The minimum Gasteiger partial charge on any atom is -0.445 e. The summed E-state index contributed by atoms with van der Waals surface area (Å²) in [5.41, 5.74) is 0. The highest BCUT2D eigenvalue weighted by molar-refractivity contribution is 5.07. The van der Waals surface area contributed by atoms with Crippen molar-refractivity contribution in [3.05, 3.63) is 17.8 Å². The first-order chi connectivity index (χ1) is 10.0. The molecule has 120 valence electrons. The minimum atomic E-state index is -4.15. The van der Waals surface area contributed by atoms with Crippen LogP contribution >= 0.6 is 0 Å². The van der Waals surface area contributed by atoms with Gasteiger partial charge in [-0.3, -0.25) is 0 Å². The van der Waals surface area contributed by atoms with E-state index < -0.39 is 18.0 Å². The molecule has 0 aliphatic heterocycles. The lowest BCUT2D eigenvalue weighted by Gasteiger charge is -2.31. The van der Waals surface area contributed by atoms with Crippen molar-refractivity contribution in [2.45, 2.75) is 57.5 Å². The molecule has 0 amide bonds. The zero-order valence-corrected chi connectivity index (χ0v) is 12.4. The molecule has 2 atom stereocenters. The number of rotatable bonds is 6. The van der Waals surface area contributed by atoms with Gasteiger partial charge in [-0.1, -0.05) is 19.8 Å². The van der Waals surface area contributed by atoms with Crippen molar-refractivity contribution in [2.75, 3.05) is 13.1 Å². The van der Waals surface area contributed by atoms with E-state index in [1.54, 1.807) is 0 Å². The zero-order chi connectivity index (χ0) is 15.3. The largest absolute Gasteiger partial charge is 0.445 e. The van der Waals surface area contributed by atoms with E-state index in [0.717, 1.165) is 25.9 Å². The van der Waals surface area contributed by atoms with Gasteiger partial charge < -0.3 is 9.73 Å². The van der Waals surface area contributed by atoms with Gasteiger partial charge in [0.1, 0.15) is 5.76 Å². The SMILES string of the molecule is CCNCCCc1ncc(C2CCCCC2C(F)(F)F)o1. The van der Waals surface area contributed by atoms with Crippen LogP contribution in [0.15, 0.2) is 10.6 Å². The van der Waals surface area contributed by atoms with Crippen LogP contribution in [0, 0.1) is 5.92 Å². The number of nitrogens with one attached hydrogen (secondary N) is 1. The van der Waals surface area contributed by atoms with Crippen molar-refractivity contribution in [1.29, 1.82) is 0 Å². The first-order valence-electron chi connectivity index (χ1n) is 7.74. The smallest absolute Gasteiger partial charge is 0.392 e. The summed E-state index contributed by atoms with van der Waals surface area (Å²) in [7, 11) is 0. The molecule has 0 spiro atoms. The predicted molar refractivity (Wildman–Crippen MR) is 74.1 cm³/mol. The second kappa shape index (κ2) is 7.29. The molecule has 1 aliphatic rings. The van der Waals surface area contributed by atoms with Crippen LogP contribution in [-0.4, -0.2) is 24.2 Å². The van der Waals surface area contributed by atoms with E-state index in [-0.39, 0.29) is 6.42 Å². The fourth-order valence-electron chi connectivity index (χ4n) is 3.02. The van der Waals surface area contributed by atoms with Gasteiger partial charge in [-0.25, -0.2) is 4.98 Å². The van der Waals surface area contributed by atoms with Crippen LogP contribution in [0.4, 0.5) is 13.2 Å². The number of hydrogen-bond acceptors (Lipinski definition) is 3. The molecule has 1 aromatic heterocycles. The summed E-state index contributed by atoms with van der Waals surface area (Å²) in [6.07, 6.45) is 1.09. The Kier molecular flexibility index (Phi) is 5.67. The Hall–Kier alpha value is -1.04. The first-order valence-corrected chi connectivity index (χ1v) is 7.74. The van der Waals surface area contributed by atoms with Crippen molar-refractivity contribution in [3.8, 4) is 0 Å². The summed E-state index contributed by atoms with van der Waals surface area (Å²) in [5, 5.41) is 3.20. The van der Waals surface area contributed by atoms with E-state index in [0.29, 0.717) is 30.9 Å². The van der Waals surface area contributed by atoms with Crippen molar-refractivity contribution in [3.63, 3.8) is 0 Å². The van der Waals surface area contributed by atoms with Gasteiger partial charge >= 0.3 is 6.18 Å². The van der Waals surface area contributed by atoms with Gasteiger partial charge in [-0.2, -0.15) is 13.2 Å². The normalized spacial score (nSPS) is 23.4. The van der Waals surface area contributed by atoms with Crippen LogP contribution in [0.5, 0.6) is 0 Å². The Labute approximate surface area is 123 Å². The third-order valence-electron chi connectivity index (χ3n) is 4.12. The second-order valence-electron chi connectivity index (χ2n) is 5.65. The molecular formula is C15H23F3N2O. The van der Waals surface area contributed by atoms with Gasteiger partial charge in [0.05, 0.1) is 12.1 Å². The summed E-state index contributed by atoms with van der Waals surface area (Å²) >= 11 is 0. The lowest BCUT2D eigenvalue weighted by Crippen LogP contribution is -2.31. The Bertz CT molecular complexity index is 431. The van der Waals surface area contributed by atoms with E-state index in [4.69, 9.17) is 4.42 Å². The van der Waals surface area contributed by atoms with Crippen LogP contribution in [0.2, 0.25) is 0 Å². The molecule has 1 aromatic rings. The van der Waals surface area contributed by atoms with Gasteiger partial charge in [0.2, 0.25) is 0 Å². The molecule has 6 heteroatoms. The molecule has 1 saturated carbocycles. The lowest BCUT2D eigenvalue weighted by atomic mass is 9.77. The van der Waals surface area contributed by atoms with Crippen molar-refractivity contribution < 1.29 is 17.6 Å². The number of hydrogen-bond donors (Lipinski definition) is 1. The maximum Gasteiger partial charge on any atom is 0.392 e. The van der Waals surface area contributed by atoms with Crippen LogP contribution < -0.4 is 5.32 Å². The standard InChI is InChI=1S/C15H23F3N2O/c1-2-19-9-5-8-14-20-10-13(21-14)11-6-3-4-7-12(11)15(16,17)18/h10-12,19H,2-9H2,1H3. The van der Waals surface area contributed by atoms with E-state index in [1.807, 2.05) is 6.92 Å². The average Bonchev–Trinajstić information content (AvgIpc) is 2.91. The zero-order valence-electron chi connectivity index (χ0n) is 12.4.